The van der Waals surface area contributed by atoms with Crippen molar-refractivity contribution in [3.63, 3.8) is 0 Å². The Bertz CT molecular complexity index is 62.1. The van der Waals surface area contributed by atoms with Crippen molar-refractivity contribution in [3.8, 4) is 0 Å². The van der Waals surface area contributed by atoms with Crippen LogP contribution in [0.3, 0.4) is 0 Å². The van der Waals surface area contributed by atoms with Crippen molar-refractivity contribution < 1.29 is 17.6 Å². The van der Waals surface area contributed by atoms with E-state index in [1.165, 1.54) is 0 Å². The van der Waals surface area contributed by atoms with E-state index in [1.54, 1.807) is 0 Å². The molecule has 0 fully saturated rings. The van der Waals surface area contributed by atoms with Gasteiger partial charge in [-0.1, -0.05) is 0 Å². The van der Waals surface area contributed by atoms with Crippen molar-refractivity contribution in [2.24, 2.45) is 0 Å². The predicted octanol–water partition coefficient (Wildman–Crippen LogP) is 3.40. The SMILES string of the molecule is F[C](F)CCCC[C](F)F. The third-order valence-electron chi connectivity index (χ3n) is 0.982. The Morgan fingerprint density at radius 2 is 1.00 bits per heavy atom. The molecule has 60 valence electrons. The minimum atomic E-state index is -1.68. The molecular weight excluding hydrogens is 148 g/mol. The first-order valence-corrected chi connectivity index (χ1v) is 2.96. The lowest BCUT2D eigenvalue weighted by molar-refractivity contribution is 0.245. The van der Waals surface area contributed by atoms with Crippen LogP contribution in [0.1, 0.15) is 25.7 Å². The Morgan fingerprint density at radius 3 is 1.20 bits per heavy atom. The van der Waals surface area contributed by atoms with Gasteiger partial charge in [-0.25, -0.2) is 0 Å². The molecule has 0 rings (SSSR count). The van der Waals surface area contributed by atoms with Crippen LogP contribution in [0.15, 0.2) is 0 Å². The van der Waals surface area contributed by atoms with Gasteiger partial charge in [0.25, 0.3) is 0 Å². The quantitative estimate of drug-likeness (QED) is 0.422. The van der Waals surface area contributed by atoms with Gasteiger partial charge in [-0.3, -0.25) is 0 Å². The Kier molecular flexibility index (Phi) is 5.35. The number of rotatable bonds is 5. The first kappa shape index (κ1) is 9.72. The van der Waals surface area contributed by atoms with E-state index in [0.717, 1.165) is 0 Å². The second kappa shape index (κ2) is 5.50. The molecule has 0 N–H and O–H groups in total. The van der Waals surface area contributed by atoms with E-state index in [4.69, 9.17) is 0 Å². The van der Waals surface area contributed by atoms with Crippen molar-refractivity contribution >= 4 is 0 Å². The number of halogens is 4. The van der Waals surface area contributed by atoms with E-state index in [-0.39, 0.29) is 25.7 Å². The average molecular weight is 156 g/mol. The molecule has 2 radical (unpaired) electrons. The molecule has 0 aliphatic carbocycles. The van der Waals surface area contributed by atoms with Crippen LogP contribution in [-0.2, 0) is 0 Å². The molecule has 0 aliphatic heterocycles. The van der Waals surface area contributed by atoms with Crippen LogP contribution in [-0.4, -0.2) is 0 Å². The normalized spacial score (nSPS) is 11.4. The molecule has 0 atom stereocenters. The topological polar surface area (TPSA) is 0 Å². The lowest BCUT2D eigenvalue weighted by atomic mass is 10.2. The summed E-state index contributed by atoms with van der Waals surface area (Å²) in [6.07, 6.45) is -3.79. The molecule has 10 heavy (non-hydrogen) atoms. The molecule has 0 saturated heterocycles. The molecule has 0 amide bonds. The lowest BCUT2D eigenvalue weighted by Gasteiger charge is -1.96. The molecule has 4 heteroatoms. The molecule has 0 bridgehead atoms. The summed E-state index contributed by atoms with van der Waals surface area (Å²) in [4.78, 5) is 0. The molecular formula is C6H8F4. The highest BCUT2D eigenvalue weighted by Crippen LogP contribution is 2.18. The molecule has 0 aromatic carbocycles. The maximum absolute atomic E-state index is 11.3. The van der Waals surface area contributed by atoms with Crippen LogP contribution in [0.4, 0.5) is 17.6 Å². The molecule has 0 spiro atoms. The van der Waals surface area contributed by atoms with E-state index in [1.807, 2.05) is 0 Å². The maximum atomic E-state index is 11.3. The fourth-order valence-electron chi connectivity index (χ4n) is 0.517. The van der Waals surface area contributed by atoms with Crippen molar-refractivity contribution in [3.05, 3.63) is 12.9 Å². The minimum absolute atomic E-state index is 0.139. The molecule has 0 unspecified atom stereocenters. The highest BCUT2D eigenvalue weighted by Gasteiger charge is 2.07. The van der Waals surface area contributed by atoms with Crippen molar-refractivity contribution in [1.29, 1.82) is 0 Å². The Balaban J connectivity index is 2.91. The molecule has 0 saturated carbocycles. The van der Waals surface area contributed by atoms with E-state index < -0.39 is 12.9 Å². The van der Waals surface area contributed by atoms with Crippen LogP contribution in [0.5, 0.6) is 0 Å². The molecule has 0 nitrogen and oxygen atoms in total. The van der Waals surface area contributed by atoms with Gasteiger partial charge in [0.15, 0.2) is 0 Å². The third-order valence-corrected chi connectivity index (χ3v) is 0.982. The summed E-state index contributed by atoms with van der Waals surface area (Å²) in [5, 5.41) is 0. The van der Waals surface area contributed by atoms with Gasteiger partial charge in [0.05, 0.1) is 0 Å². The summed E-state index contributed by atoms with van der Waals surface area (Å²) >= 11 is 0. The van der Waals surface area contributed by atoms with Gasteiger partial charge >= 0.3 is 12.9 Å². The van der Waals surface area contributed by atoms with E-state index in [0.29, 0.717) is 0 Å². The molecule has 0 aromatic rings. The smallest absolute Gasteiger partial charge is 0.200 e. The van der Waals surface area contributed by atoms with Crippen LogP contribution < -0.4 is 0 Å². The summed E-state index contributed by atoms with van der Waals surface area (Å²) < 4.78 is 45.1. The van der Waals surface area contributed by atoms with Crippen molar-refractivity contribution in [2.75, 3.05) is 0 Å². The van der Waals surface area contributed by atoms with Gasteiger partial charge < -0.3 is 0 Å². The van der Waals surface area contributed by atoms with Gasteiger partial charge in [-0.2, -0.15) is 17.6 Å². The fraction of sp³-hybridized carbons (Fsp3) is 0.667. The largest absolute Gasteiger partial charge is 0.310 e. The second-order valence-electron chi connectivity index (χ2n) is 1.88. The Hall–Kier alpha value is -0.280. The third kappa shape index (κ3) is 7.72. The van der Waals surface area contributed by atoms with Crippen LogP contribution in [0.2, 0.25) is 0 Å². The number of hydrogen-bond donors (Lipinski definition) is 0. The maximum Gasteiger partial charge on any atom is 0.310 e. The van der Waals surface area contributed by atoms with Crippen LogP contribution in [0.25, 0.3) is 0 Å². The van der Waals surface area contributed by atoms with Crippen molar-refractivity contribution in [2.45, 2.75) is 25.7 Å². The van der Waals surface area contributed by atoms with Crippen LogP contribution >= 0.6 is 0 Å². The summed E-state index contributed by atoms with van der Waals surface area (Å²) in [6.45, 7) is 0. The van der Waals surface area contributed by atoms with Crippen molar-refractivity contribution in [1.82, 2.24) is 0 Å². The number of unbranched alkanes of at least 4 members (excludes halogenated alkanes) is 1. The van der Waals surface area contributed by atoms with E-state index >= 15 is 0 Å². The summed E-state index contributed by atoms with van der Waals surface area (Å²) in [7, 11) is 0. The highest BCUT2D eigenvalue weighted by atomic mass is 19.3. The summed E-state index contributed by atoms with van der Waals surface area (Å²) in [5.41, 5.74) is 0. The predicted molar refractivity (Wildman–Crippen MR) is 29.4 cm³/mol. The van der Waals surface area contributed by atoms with Gasteiger partial charge in [-0.15, -0.1) is 0 Å². The zero-order valence-electron chi connectivity index (χ0n) is 5.34. The number of hydrogen-bond acceptors (Lipinski definition) is 0. The molecule has 0 heterocycles. The molecule has 0 aromatic heterocycles. The Morgan fingerprint density at radius 1 is 0.700 bits per heavy atom. The summed E-state index contributed by atoms with van der Waals surface area (Å²) in [6, 6.07) is 0. The Labute approximate surface area is 57.2 Å². The van der Waals surface area contributed by atoms with Crippen LogP contribution in [0, 0.1) is 12.9 Å². The zero-order valence-corrected chi connectivity index (χ0v) is 5.34. The zero-order chi connectivity index (χ0) is 7.98. The first-order chi connectivity index (χ1) is 4.63. The first-order valence-electron chi connectivity index (χ1n) is 2.96. The summed E-state index contributed by atoms with van der Waals surface area (Å²) in [5.74, 6) is 0. The van der Waals surface area contributed by atoms with E-state index in [2.05, 4.69) is 0 Å². The van der Waals surface area contributed by atoms with Gasteiger partial charge in [-0.05, 0) is 12.8 Å². The van der Waals surface area contributed by atoms with E-state index in [9.17, 15) is 17.6 Å². The monoisotopic (exact) mass is 156 g/mol. The van der Waals surface area contributed by atoms with Gasteiger partial charge in [0, 0.05) is 12.8 Å². The average Bonchev–Trinajstić information content (AvgIpc) is 1.79. The molecule has 0 aliphatic rings. The highest BCUT2D eigenvalue weighted by molar-refractivity contribution is 4.63. The standard InChI is InChI=1S/C6H8F4/c7-5(8)3-1-2-4-6(9)10/h1-4H2. The van der Waals surface area contributed by atoms with Gasteiger partial charge in [0.2, 0.25) is 0 Å². The lowest BCUT2D eigenvalue weighted by Crippen LogP contribution is -1.84. The second-order valence-corrected chi connectivity index (χ2v) is 1.88. The fourth-order valence-corrected chi connectivity index (χ4v) is 0.517. The minimum Gasteiger partial charge on any atom is -0.200 e. The van der Waals surface area contributed by atoms with Gasteiger partial charge in [0.1, 0.15) is 0 Å².